The van der Waals surface area contributed by atoms with Crippen LogP contribution in [0.15, 0.2) is 0 Å². The van der Waals surface area contributed by atoms with E-state index in [0.717, 1.165) is 0 Å². The molecule has 2 aliphatic heterocycles. The highest BCUT2D eigenvalue weighted by molar-refractivity contribution is 5.77. The molecule has 2 fully saturated rings. The van der Waals surface area contributed by atoms with Gasteiger partial charge in [-0.05, 0) is 12.8 Å². The average Bonchev–Trinajstić information content (AvgIpc) is 2.78. The highest BCUT2D eigenvalue weighted by Crippen LogP contribution is 2.15. The number of aliphatic hydroxyl groups is 1. The zero-order valence-corrected chi connectivity index (χ0v) is 10.0. The van der Waals surface area contributed by atoms with Crippen molar-refractivity contribution in [3.8, 4) is 0 Å². The van der Waals surface area contributed by atoms with Crippen LogP contribution in [0.2, 0.25) is 0 Å². The summed E-state index contributed by atoms with van der Waals surface area (Å²) < 4.78 is 5.08. The van der Waals surface area contributed by atoms with E-state index in [1.807, 2.05) is 0 Å². The van der Waals surface area contributed by atoms with Gasteiger partial charge in [0.1, 0.15) is 5.92 Å². The molecule has 0 spiro atoms. The van der Waals surface area contributed by atoms with Gasteiger partial charge >= 0.3 is 12.0 Å². The molecule has 2 saturated heterocycles. The highest BCUT2D eigenvalue weighted by Gasteiger charge is 2.36. The fourth-order valence-electron chi connectivity index (χ4n) is 2.26. The Morgan fingerprint density at radius 1 is 1.22 bits per heavy atom. The van der Waals surface area contributed by atoms with Crippen LogP contribution in [0, 0.1) is 5.92 Å². The molecule has 2 unspecified atom stereocenters. The maximum atomic E-state index is 11.9. The van der Waals surface area contributed by atoms with Crippen LogP contribution in [-0.4, -0.2) is 65.6 Å². The van der Waals surface area contributed by atoms with E-state index in [1.54, 1.807) is 4.90 Å². The predicted octanol–water partition coefficient (Wildman–Crippen LogP) is -0.748. The number of urea groups is 1. The van der Waals surface area contributed by atoms with E-state index in [-0.39, 0.29) is 25.3 Å². The molecule has 7 heteroatoms. The summed E-state index contributed by atoms with van der Waals surface area (Å²) in [6.45, 7) is 1.37. The van der Waals surface area contributed by atoms with Gasteiger partial charge in [-0.25, -0.2) is 4.79 Å². The number of likely N-dealkylation sites (tertiary alicyclic amines) is 1. The smallest absolute Gasteiger partial charge is 0.317 e. The number of carboxylic acid groups (broad SMARTS) is 1. The molecule has 3 N–H and O–H groups in total. The third-order valence-electron chi connectivity index (χ3n) is 3.46. The van der Waals surface area contributed by atoms with Crippen molar-refractivity contribution in [2.45, 2.75) is 25.0 Å². The lowest BCUT2D eigenvalue weighted by Gasteiger charge is -2.31. The van der Waals surface area contributed by atoms with Crippen LogP contribution in [0.25, 0.3) is 0 Å². The molecule has 2 amide bonds. The summed E-state index contributed by atoms with van der Waals surface area (Å²) in [7, 11) is 0. The fraction of sp³-hybridized carbons (Fsp3) is 0.818. The lowest BCUT2D eigenvalue weighted by molar-refractivity contribution is -0.142. The van der Waals surface area contributed by atoms with Gasteiger partial charge in [0.15, 0.2) is 0 Å². The Hall–Kier alpha value is -1.34. The monoisotopic (exact) mass is 258 g/mol. The maximum absolute atomic E-state index is 11.9. The van der Waals surface area contributed by atoms with Gasteiger partial charge in [0.2, 0.25) is 0 Å². The largest absolute Gasteiger partial charge is 0.481 e. The molecule has 2 heterocycles. The lowest BCUT2D eigenvalue weighted by atomic mass is 10.0. The third kappa shape index (κ3) is 2.91. The summed E-state index contributed by atoms with van der Waals surface area (Å²) in [4.78, 5) is 24.4. The summed E-state index contributed by atoms with van der Waals surface area (Å²) in [5, 5.41) is 21.0. The summed E-state index contributed by atoms with van der Waals surface area (Å²) in [5.74, 6) is -1.63. The van der Waals surface area contributed by atoms with Crippen LogP contribution in [0.3, 0.4) is 0 Å². The van der Waals surface area contributed by atoms with Crippen LogP contribution in [0.1, 0.15) is 12.8 Å². The van der Waals surface area contributed by atoms with Crippen LogP contribution >= 0.6 is 0 Å². The van der Waals surface area contributed by atoms with Gasteiger partial charge in [0, 0.05) is 13.1 Å². The average molecular weight is 258 g/mol. The number of rotatable bonds is 2. The van der Waals surface area contributed by atoms with Crippen LogP contribution < -0.4 is 5.32 Å². The van der Waals surface area contributed by atoms with Crippen molar-refractivity contribution in [3.63, 3.8) is 0 Å². The van der Waals surface area contributed by atoms with Crippen molar-refractivity contribution in [2.75, 3.05) is 26.3 Å². The Bertz CT molecular complexity index is 327. The molecular formula is C11H18N2O5. The first-order valence-electron chi connectivity index (χ1n) is 6.12. The van der Waals surface area contributed by atoms with Crippen molar-refractivity contribution in [2.24, 2.45) is 5.92 Å². The molecule has 0 bridgehead atoms. The van der Waals surface area contributed by atoms with Gasteiger partial charge in [-0.2, -0.15) is 0 Å². The minimum absolute atomic E-state index is 0.138. The number of carbonyl (C=O) groups is 2. The van der Waals surface area contributed by atoms with Crippen molar-refractivity contribution >= 4 is 12.0 Å². The van der Waals surface area contributed by atoms with E-state index >= 15 is 0 Å². The Morgan fingerprint density at radius 2 is 1.89 bits per heavy atom. The summed E-state index contributed by atoms with van der Waals surface area (Å²) >= 11 is 0. The van der Waals surface area contributed by atoms with E-state index in [0.29, 0.717) is 25.9 Å². The number of hydrogen-bond acceptors (Lipinski definition) is 4. The Balaban J connectivity index is 1.85. The molecule has 0 aromatic heterocycles. The Morgan fingerprint density at radius 3 is 2.50 bits per heavy atom. The predicted molar refractivity (Wildman–Crippen MR) is 61.1 cm³/mol. The molecule has 2 aliphatic rings. The van der Waals surface area contributed by atoms with Gasteiger partial charge in [-0.15, -0.1) is 0 Å². The number of carboxylic acids is 1. The number of ether oxygens (including phenoxy) is 1. The molecule has 2 rings (SSSR count). The van der Waals surface area contributed by atoms with Crippen LogP contribution in [-0.2, 0) is 9.53 Å². The fourth-order valence-corrected chi connectivity index (χ4v) is 2.26. The van der Waals surface area contributed by atoms with Gasteiger partial charge in [0.25, 0.3) is 0 Å². The molecule has 7 nitrogen and oxygen atoms in total. The quantitative estimate of drug-likeness (QED) is 0.605. The van der Waals surface area contributed by atoms with Gasteiger partial charge in [0.05, 0.1) is 25.4 Å². The molecule has 0 radical (unpaired) electrons. The second kappa shape index (κ2) is 5.53. The molecule has 0 saturated carbocycles. The van der Waals surface area contributed by atoms with Gasteiger partial charge < -0.3 is 25.2 Å². The third-order valence-corrected chi connectivity index (χ3v) is 3.46. The van der Waals surface area contributed by atoms with Gasteiger partial charge in [-0.3, -0.25) is 4.79 Å². The number of aliphatic carboxylic acids is 1. The second-order valence-corrected chi connectivity index (χ2v) is 4.76. The lowest BCUT2D eigenvalue weighted by Crippen LogP contribution is -2.51. The topological polar surface area (TPSA) is 99.1 Å². The van der Waals surface area contributed by atoms with Crippen molar-refractivity contribution < 1.29 is 24.5 Å². The number of amides is 2. The van der Waals surface area contributed by atoms with Crippen molar-refractivity contribution in [1.82, 2.24) is 10.2 Å². The number of nitrogens with zero attached hydrogens (tertiary/aromatic N) is 1. The first-order chi connectivity index (χ1) is 8.58. The molecule has 102 valence electrons. The first-order valence-corrected chi connectivity index (χ1v) is 6.12. The second-order valence-electron chi connectivity index (χ2n) is 4.76. The Kier molecular flexibility index (Phi) is 4.03. The molecule has 0 aromatic carbocycles. The van der Waals surface area contributed by atoms with Crippen LogP contribution in [0.4, 0.5) is 4.79 Å². The van der Waals surface area contributed by atoms with E-state index in [1.165, 1.54) is 0 Å². The van der Waals surface area contributed by atoms with E-state index in [9.17, 15) is 14.7 Å². The summed E-state index contributed by atoms with van der Waals surface area (Å²) in [6.07, 6.45) is 0.795. The van der Waals surface area contributed by atoms with Crippen molar-refractivity contribution in [1.29, 1.82) is 0 Å². The highest BCUT2D eigenvalue weighted by atomic mass is 16.5. The minimum Gasteiger partial charge on any atom is -0.481 e. The number of aliphatic hydroxyl groups excluding tert-OH is 1. The standard InChI is InChI=1S/C11H18N2O5/c14-7-1-3-13(4-2-7)11(17)12-9-6-18-5-8(9)10(15)16/h7-9,14H,1-6H2,(H,12,17)(H,15,16). The SMILES string of the molecule is O=C(O)C1COCC1NC(=O)N1CCC(O)CC1. The van der Waals surface area contributed by atoms with Gasteiger partial charge in [-0.1, -0.05) is 0 Å². The molecular weight excluding hydrogens is 240 g/mol. The number of nitrogens with one attached hydrogen (secondary N) is 1. The zero-order chi connectivity index (χ0) is 13.1. The molecule has 0 aliphatic carbocycles. The van der Waals surface area contributed by atoms with E-state index < -0.39 is 17.9 Å². The summed E-state index contributed by atoms with van der Waals surface area (Å²) in [6, 6.07) is -0.745. The maximum Gasteiger partial charge on any atom is 0.317 e. The van der Waals surface area contributed by atoms with Crippen molar-refractivity contribution in [3.05, 3.63) is 0 Å². The van der Waals surface area contributed by atoms with E-state index in [2.05, 4.69) is 5.32 Å². The zero-order valence-electron chi connectivity index (χ0n) is 10.0. The number of piperidine rings is 1. The van der Waals surface area contributed by atoms with E-state index in [4.69, 9.17) is 9.84 Å². The number of carbonyl (C=O) groups excluding carboxylic acids is 1. The normalized spacial score (nSPS) is 29.3. The van der Waals surface area contributed by atoms with Crippen LogP contribution in [0.5, 0.6) is 0 Å². The Labute approximate surface area is 105 Å². The molecule has 0 aromatic rings. The molecule has 2 atom stereocenters. The molecule has 18 heavy (non-hydrogen) atoms. The summed E-state index contributed by atoms with van der Waals surface area (Å²) in [5.41, 5.74) is 0. The first kappa shape index (κ1) is 13.1. The number of hydrogen-bond donors (Lipinski definition) is 3. The minimum atomic E-state index is -0.952.